The number of carbonyl (C=O) groups is 1. The molecule has 0 bridgehead atoms. The summed E-state index contributed by atoms with van der Waals surface area (Å²) in [5.41, 5.74) is 0.291. The van der Waals surface area contributed by atoms with Crippen LogP contribution in [0, 0.1) is 11.8 Å². The quantitative estimate of drug-likeness (QED) is 0.716. The van der Waals surface area contributed by atoms with Crippen molar-refractivity contribution in [1.82, 2.24) is 14.2 Å². The van der Waals surface area contributed by atoms with Crippen molar-refractivity contribution in [3.63, 3.8) is 0 Å². The van der Waals surface area contributed by atoms with Crippen LogP contribution in [-0.4, -0.2) is 42.3 Å². The molecule has 2 heterocycles. The first-order chi connectivity index (χ1) is 15.7. The van der Waals surface area contributed by atoms with Crippen LogP contribution in [-0.2, 0) is 16.6 Å². The van der Waals surface area contributed by atoms with Crippen molar-refractivity contribution < 1.29 is 13.2 Å². The summed E-state index contributed by atoms with van der Waals surface area (Å²) in [6.45, 7) is 7.74. The molecule has 2 aromatic rings. The van der Waals surface area contributed by atoms with Gasteiger partial charge in [-0.1, -0.05) is 26.7 Å². The molecule has 1 N–H and O–H groups in total. The number of hydrogen-bond donors (Lipinski definition) is 1. The highest BCUT2D eigenvalue weighted by molar-refractivity contribution is 7.89. The molecule has 1 saturated heterocycles. The number of nitrogens with zero attached hydrogens (tertiary/aromatic N) is 2. The van der Waals surface area contributed by atoms with Crippen molar-refractivity contribution in [2.24, 2.45) is 11.8 Å². The summed E-state index contributed by atoms with van der Waals surface area (Å²) in [5, 5.41) is 3.33. The Morgan fingerprint density at radius 3 is 2.45 bits per heavy atom. The number of nitrogens with one attached hydrogen (secondary N) is 1. The Balaban J connectivity index is 1.72. The van der Waals surface area contributed by atoms with Crippen molar-refractivity contribution in [3.8, 4) is 0 Å². The minimum absolute atomic E-state index is 0.0598. The first-order valence-electron chi connectivity index (χ1n) is 12.2. The van der Waals surface area contributed by atoms with E-state index in [0.29, 0.717) is 37.0 Å². The van der Waals surface area contributed by atoms with Crippen LogP contribution < -0.4 is 10.7 Å². The zero-order chi connectivity index (χ0) is 23.8. The van der Waals surface area contributed by atoms with Crippen LogP contribution >= 0.6 is 0 Å². The van der Waals surface area contributed by atoms with Gasteiger partial charge in [-0.25, -0.2) is 8.42 Å². The fourth-order valence-electron chi connectivity index (χ4n) is 5.11. The molecule has 0 spiro atoms. The Morgan fingerprint density at radius 2 is 1.79 bits per heavy atom. The molecule has 1 aromatic carbocycles. The van der Waals surface area contributed by atoms with E-state index in [1.54, 1.807) is 18.3 Å². The van der Waals surface area contributed by atoms with E-state index in [-0.39, 0.29) is 27.8 Å². The Bertz CT molecular complexity index is 1200. The van der Waals surface area contributed by atoms with E-state index >= 15 is 0 Å². The summed E-state index contributed by atoms with van der Waals surface area (Å²) < 4.78 is 29.9. The van der Waals surface area contributed by atoms with Gasteiger partial charge in [-0.3, -0.25) is 9.59 Å². The molecule has 2 atom stereocenters. The molecular weight excluding hydrogens is 438 g/mol. The molecule has 2 aliphatic rings. The van der Waals surface area contributed by atoms with Crippen molar-refractivity contribution in [1.29, 1.82) is 0 Å². The minimum atomic E-state index is -3.69. The summed E-state index contributed by atoms with van der Waals surface area (Å²) in [4.78, 5) is 26.6. The average Bonchev–Trinajstić information content (AvgIpc) is 2.81. The predicted octanol–water partition coefficient (Wildman–Crippen LogP) is 3.75. The Hall–Kier alpha value is -2.19. The van der Waals surface area contributed by atoms with Gasteiger partial charge in [0.1, 0.15) is 5.56 Å². The SMILES string of the molecule is CCn1cc(C(=O)N[C@H]2CCCC[C@@H]2C)c(=O)c2cc(S(=O)(=O)N3CCC(C)CC3)ccc21. The van der Waals surface area contributed by atoms with Crippen LogP contribution in [0.25, 0.3) is 10.9 Å². The van der Waals surface area contributed by atoms with Gasteiger partial charge in [0.2, 0.25) is 15.5 Å². The van der Waals surface area contributed by atoms with E-state index in [0.717, 1.165) is 32.1 Å². The lowest BCUT2D eigenvalue weighted by molar-refractivity contribution is 0.0908. The molecule has 4 rings (SSSR count). The number of hydrogen-bond acceptors (Lipinski definition) is 4. The number of sulfonamides is 1. The zero-order valence-corrected chi connectivity index (χ0v) is 20.7. The maximum Gasteiger partial charge on any atom is 0.256 e. The highest BCUT2D eigenvalue weighted by Gasteiger charge is 2.29. The maximum atomic E-state index is 13.4. The van der Waals surface area contributed by atoms with Gasteiger partial charge in [0.05, 0.1) is 10.4 Å². The third kappa shape index (κ3) is 4.73. The third-order valence-electron chi connectivity index (χ3n) is 7.45. The maximum absolute atomic E-state index is 13.4. The summed E-state index contributed by atoms with van der Waals surface area (Å²) in [6, 6.07) is 4.77. The number of amides is 1. The number of rotatable bonds is 5. The van der Waals surface area contributed by atoms with Gasteiger partial charge in [0.25, 0.3) is 5.91 Å². The van der Waals surface area contributed by atoms with Gasteiger partial charge in [-0.15, -0.1) is 0 Å². The first-order valence-corrected chi connectivity index (χ1v) is 13.6. The molecule has 1 amide bonds. The number of benzene rings is 1. The summed E-state index contributed by atoms with van der Waals surface area (Å²) in [5.74, 6) is 0.513. The number of aromatic nitrogens is 1. The zero-order valence-electron chi connectivity index (χ0n) is 19.8. The van der Waals surface area contributed by atoms with Gasteiger partial charge < -0.3 is 9.88 Å². The highest BCUT2D eigenvalue weighted by Crippen LogP contribution is 2.26. The summed E-state index contributed by atoms with van der Waals surface area (Å²) >= 11 is 0. The predicted molar refractivity (Wildman–Crippen MR) is 130 cm³/mol. The van der Waals surface area contributed by atoms with E-state index < -0.39 is 15.5 Å². The number of pyridine rings is 1. The van der Waals surface area contributed by atoms with E-state index in [2.05, 4.69) is 19.2 Å². The molecule has 1 aliphatic carbocycles. The second-order valence-corrected chi connectivity index (χ2v) is 11.7. The lowest BCUT2D eigenvalue weighted by atomic mass is 9.86. The fourth-order valence-corrected chi connectivity index (χ4v) is 6.61. The molecule has 1 saturated carbocycles. The van der Waals surface area contributed by atoms with E-state index in [9.17, 15) is 18.0 Å². The van der Waals surface area contributed by atoms with Crippen LogP contribution in [0.3, 0.4) is 0 Å². The monoisotopic (exact) mass is 473 g/mol. The average molecular weight is 474 g/mol. The topological polar surface area (TPSA) is 88.5 Å². The lowest BCUT2D eigenvalue weighted by Crippen LogP contribution is -2.42. The molecule has 1 aromatic heterocycles. The standard InChI is InChI=1S/C25H35N3O4S/c1-4-27-16-21(25(30)26-22-8-6-5-7-18(22)3)24(29)20-15-19(9-10-23(20)27)33(31,32)28-13-11-17(2)12-14-28/h9-10,15-18,22H,4-8,11-14H2,1-3H3,(H,26,30)/t18-,22-/m0/s1. The summed E-state index contributed by atoms with van der Waals surface area (Å²) in [7, 11) is -3.69. The van der Waals surface area contributed by atoms with Crippen LogP contribution in [0.1, 0.15) is 69.7 Å². The molecule has 2 fully saturated rings. The van der Waals surface area contributed by atoms with Crippen molar-refractivity contribution >= 4 is 26.8 Å². The number of piperidine rings is 1. The highest BCUT2D eigenvalue weighted by atomic mass is 32.2. The largest absolute Gasteiger partial charge is 0.349 e. The van der Waals surface area contributed by atoms with Crippen LogP contribution in [0.15, 0.2) is 34.1 Å². The van der Waals surface area contributed by atoms with Crippen LogP contribution in [0.4, 0.5) is 0 Å². The number of fused-ring (bicyclic) bond motifs is 1. The van der Waals surface area contributed by atoms with E-state index in [1.165, 1.54) is 16.8 Å². The summed E-state index contributed by atoms with van der Waals surface area (Å²) in [6.07, 6.45) is 7.49. The number of aryl methyl sites for hydroxylation is 1. The Kier molecular flexibility index (Phi) is 6.96. The molecule has 8 heteroatoms. The van der Waals surface area contributed by atoms with Gasteiger partial charge in [0, 0.05) is 37.3 Å². The van der Waals surface area contributed by atoms with Gasteiger partial charge in [-0.2, -0.15) is 4.31 Å². The second kappa shape index (κ2) is 9.58. The lowest BCUT2D eigenvalue weighted by Gasteiger charge is -2.29. The fraction of sp³-hybridized carbons (Fsp3) is 0.600. The molecule has 0 radical (unpaired) electrons. The van der Waals surface area contributed by atoms with Crippen LogP contribution in [0.5, 0.6) is 0 Å². The van der Waals surface area contributed by atoms with Crippen molar-refractivity contribution in [2.45, 2.75) is 76.8 Å². The molecule has 33 heavy (non-hydrogen) atoms. The molecule has 180 valence electrons. The smallest absolute Gasteiger partial charge is 0.256 e. The molecule has 1 aliphatic heterocycles. The Morgan fingerprint density at radius 1 is 1.09 bits per heavy atom. The van der Waals surface area contributed by atoms with Gasteiger partial charge in [-0.05, 0) is 62.6 Å². The van der Waals surface area contributed by atoms with E-state index in [4.69, 9.17) is 0 Å². The second-order valence-electron chi connectivity index (χ2n) is 9.77. The normalized spacial score (nSPS) is 23.0. The van der Waals surface area contributed by atoms with Crippen molar-refractivity contribution in [3.05, 3.63) is 40.2 Å². The van der Waals surface area contributed by atoms with E-state index in [1.807, 2.05) is 11.5 Å². The minimum Gasteiger partial charge on any atom is -0.349 e. The third-order valence-corrected chi connectivity index (χ3v) is 9.34. The molecular formula is C25H35N3O4S. The Labute approximate surface area is 196 Å². The number of carbonyl (C=O) groups excluding carboxylic acids is 1. The molecule has 7 nitrogen and oxygen atoms in total. The van der Waals surface area contributed by atoms with Gasteiger partial charge >= 0.3 is 0 Å². The first kappa shape index (κ1) is 24.0. The van der Waals surface area contributed by atoms with Crippen molar-refractivity contribution in [2.75, 3.05) is 13.1 Å². The van der Waals surface area contributed by atoms with Gasteiger partial charge in [0.15, 0.2) is 0 Å². The van der Waals surface area contributed by atoms with Crippen LogP contribution in [0.2, 0.25) is 0 Å². The molecule has 0 unspecified atom stereocenters.